The van der Waals surface area contributed by atoms with Gasteiger partial charge in [0, 0.05) is 0 Å². The predicted molar refractivity (Wildman–Crippen MR) is 75.3 cm³/mol. The zero-order valence-electron chi connectivity index (χ0n) is 10.2. The van der Waals surface area contributed by atoms with Crippen LogP contribution in [0, 0.1) is 0 Å². The molecule has 0 aliphatic carbocycles. The van der Waals surface area contributed by atoms with Crippen molar-refractivity contribution in [2.45, 2.75) is 19.3 Å². The summed E-state index contributed by atoms with van der Waals surface area (Å²) < 4.78 is 0. The molecular formula is C14H18ClNO2. The second-order valence-electron chi connectivity index (χ2n) is 4.33. The number of aromatic carboxylic acids is 1. The molecule has 4 heteroatoms. The molecule has 0 aromatic heterocycles. The molecule has 0 saturated carbocycles. The molecule has 98 valence electrons. The maximum atomic E-state index is 10.7. The number of rotatable bonds is 2. The molecule has 0 amide bonds. The molecule has 2 N–H and O–H groups in total. The smallest absolute Gasteiger partial charge is 0.335 e. The van der Waals surface area contributed by atoms with Crippen LogP contribution in [0.5, 0.6) is 0 Å². The third-order valence-electron chi connectivity index (χ3n) is 3.00. The monoisotopic (exact) mass is 267 g/mol. The van der Waals surface area contributed by atoms with Crippen LogP contribution in [-0.2, 0) is 0 Å². The summed E-state index contributed by atoms with van der Waals surface area (Å²) in [7, 11) is 0. The van der Waals surface area contributed by atoms with E-state index in [9.17, 15) is 4.79 Å². The number of benzene rings is 1. The van der Waals surface area contributed by atoms with Gasteiger partial charge in [-0.15, -0.1) is 12.4 Å². The number of carboxylic acids is 1. The van der Waals surface area contributed by atoms with Gasteiger partial charge in [-0.05, 0) is 50.0 Å². The number of carboxylic acid groups (broad SMARTS) is 1. The summed E-state index contributed by atoms with van der Waals surface area (Å²) >= 11 is 0. The van der Waals surface area contributed by atoms with E-state index in [2.05, 4.69) is 11.4 Å². The van der Waals surface area contributed by atoms with Crippen LogP contribution in [0.3, 0.4) is 0 Å². The van der Waals surface area contributed by atoms with Crippen molar-refractivity contribution < 1.29 is 9.90 Å². The largest absolute Gasteiger partial charge is 0.478 e. The third kappa shape index (κ3) is 4.17. The number of halogens is 1. The lowest BCUT2D eigenvalue weighted by atomic mass is 10.0. The molecule has 18 heavy (non-hydrogen) atoms. The van der Waals surface area contributed by atoms with Gasteiger partial charge in [-0.1, -0.05) is 23.8 Å². The molecule has 1 aromatic rings. The summed E-state index contributed by atoms with van der Waals surface area (Å²) in [6.45, 7) is 2.13. The molecule has 0 unspecified atom stereocenters. The van der Waals surface area contributed by atoms with Crippen molar-refractivity contribution in [2.24, 2.45) is 0 Å². The number of nitrogens with one attached hydrogen (secondary N) is 1. The average molecular weight is 268 g/mol. The molecular weight excluding hydrogens is 250 g/mol. The molecule has 1 aromatic carbocycles. The highest BCUT2D eigenvalue weighted by Crippen LogP contribution is 2.17. The molecule has 3 nitrogen and oxygen atoms in total. The van der Waals surface area contributed by atoms with Gasteiger partial charge in [0.2, 0.25) is 0 Å². The van der Waals surface area contributed by atoms with Crippen LogP contribution in [-0.4, -0.2) is 24.2 Å². The van der Waals surface area contributed by atoms with E-state index in [-0.39, 0.29) is 12.4 Å². The fourth-order valence-electron chi connectivity index (χ4n) is 2.04. The van der Waals surface area contributed by atoms with Gasteiger partial charge in [0.05, 0.1) is 5.56 Å². The van der Waals surface area contributed by atoms with Crippen molar-refractivity contribution >= 4 is 24.5 Å². The minimum Gasteiger partial charge on any atom is -0.478 e. The van der Waals surface area contributed by atoms with Gasteiger partial charge in [-0.3, -0.25) is 0 Å². The first-order valence-electron chi connectivity index (χ1n) is 5.99. The molecule has 2 rings (SSSR count). The number of hydrogen-bond donors (Lipinski definition) is 2. The van der Waals surface area contributed by atoms with E-state index in [1.165, 1.54) is 12.0 Å². The average Bonchev–Trinajstić information content (AvgIpc) is 2.58. The van der Waals surface area contributed by atoms with Crippen LogP contribution in [0.2, 0.25) is 0 Å². The molecule has 1 heterocycles. The standard InChI is InChI=1S/C14H17NO2.ClH/c16-14(17)13-5-3-12(4-6-13)10-11-2-1-8-15-9-7-11;/h3-6,10,15H,1-2,7-9H2,(H,16,17);1H/b11-10-;. The molecule has 1 aliphatic heterocycles. The molecule has 1 saturated heterocycles. The second kappa shape index (κ2) is 7.19. The highest BCUT2D eigenvalue weighted by atomic mass is 35.5. The van der Waals surface area contributed by atoms with E-state index in [4.69, 9.17) is 5.11 Å². The molecule has 0 radical (unpaired) electrons. The first-order valence-corrected chi connectivity index (χ1v) is 5.99. The molecule has 0 bridgehead atoms. The van der Waals surface area contributed by atoms with Gasteiger partial charge in [-0.25, -0.2) is 4.79 Å². The van der Waals surface area contributed by atoms with E-state index >= 15 is 0 Å². The summed E-state index contributed by atoms with van der Waals surface area (Å²) in [5, 5.41) is 12.2. The maximum Gasteiger partial charge on any atom is 0.335 e. The zero-order valence-corrected chi connectivity index (χ0v) is 11.0. The SMILES string of the molecule is Cl.O=C(O)c1ccc(/C=C2/CCCNCC2)cc1. The molecule has 0 spiro atoms. The fourth-order valence-corrected chi connectivity index (χ4v) is 2.04. The molecule has 1 fully saturated rings. The zero-order chi connectivity index (χ0) is 12.1. The van der Waals surface area contributed by atoms with Crippen molar-refractivity contribution in [1.29, 1.82) is 0 Å². The van der Waals surface area contributed by atoms with Crippen molar-refractivity contribution in [3.8, 4) is 0 Å². The van der Waals surface area contributed by atoms with Crippen molar-refractivity contribution in [1.82, 2.24) is 5.32 Å². The Kier molecular flexibility index (Phi) is 5.89. The Labute approximate surface area is 113 Å². The normalized spacial score (nSPS) is 17.9. The van der Waals surface area contributed by atoms with E-state index < -0.39 is 5.97 Å². The quantitative estimate of drug-likeness (QED) is 0.866. The van der Waals surface area contributed by atoms with Gasteiger partial charge in [0.25, 0.3) is 0 Å². The topological polar surface area (TPSA) is 49.3 Å². The summed E-state index contributed by atoms with van der Waals surface area (Å²) in [5.74, 6) is -0.872. The summed E-state index contributed by atoms with van der Waals surface area (Å²) in [6, 6.07) is 7.05. The Hall–Kier alpha value is -1.32. The highest BCUT2D eigenvalue weighted by Gasteiger charge is 2.04. The third-order valence-corrected chi connectivity index (χ3v) is 3.00. The summed E-state index contributed by atoms with van der Waals surface area (Å²) in [5.41, 5.74) is 2.87. The van der Waals surface area contributed by atoms with E-state index in [0.717, 1.165) is 31.5 Å². The van der Waals surface area contributed by atoms with Crippen LogP contribution in [0.15, 0.2) is 29.8 Å². The Balaban J connectivity index is 0.00000162. The van der Waals surface area contributed by atoms with Crippen molar-refractivity contribution in [2.75, 3.05) is 13.1 Å². The van der Waals surface area contributed by atoms with Gasteiger partial charge in [0.15, 0.2) is 0 Å². The highest BCUT2D eigenvalue weighted by molar-refractivity contribution is 5.87. The fraction of sp³-hybridized carbons (Fsp3) is 0.357. The lowest BCUT2D eigenvalue weighted by molar-refractivity contribution is 0.0697. The van der Waals surface area contributed by atoms with Gasteiger partial charge in [-0.2, -0.15) is 0 Å². The van der Waals surface area contributed by atoms with Crippen molar-refractivity contribution in [3.05, 3.63) is 41.0 Å². The molecule has 0 atom stereocenters. The first-order chi connectivity index (χ1) is 8.25. The minimum atomic E-state index is -0.872. The Bertz CT molecular complexity index is 416. The summed E-state index contributed by atoms with van der Waals surface area (Å²) in [4.78, 5) is 10.7. The molecule has 1 aliphatic rings. The van der Waals surface area contributed by atoms with Crippen LogP contribution in [0.1, 0.15) is 35.2 Å². The van der Waals surface area contributed by atoms with Crippen LogP contribution in [0.25, 0.3) is 6.08 Å². The number of hydrogen-bond acceptors (Lipinski definition) is 2. The first kappa shape index (κ1) is 14.7. The second-order valence-corrected chi connectivity index (χ2v) is 4.33. The Morgan fingerprint density at radius 3 is 2.56 bits per heavy atom. The number of carbonyl (C=O) groups is 1. The lowest BCUT2D eigenvalue weighted by Crippen LogP contribution is -2.13. The van der Waals surface area contributed by atoms with Crippen LogP contribution in [0.4, 0.5) is 0 Å². The van der Waals surface area contributed by atoms with Gasteiger partial charge in [0.1, 0.15) is 0 Å². The van der Waals surface area contributed by atoms with Crippen LogP contribution >= 0.6 is 12.4 Å². The summed E-state index contributed by atoms with van der Waals surface area (Å²) in [6.07, 6.45) is 5.58. The van der Waals surface area contributed by atoms with Crippen molar-refractivity contribution in [3.63, 3.8) is 0 Å². The van der Waals surface area contributed by atoms with Gasteiger partial charge >= 0.3 is 5.97 Å². The lowest BCUT2D eigenvalue weighted by Gasteiger charge is -2.02. The maximum absolute atomic E-state index is 10.7. The van der Waals surface area contributed by atoms with E-state index in [1.54, 1.807) is 12.1 Å². The van der Waals surface area contributed by atoms with Gasteiger partial charge < -0.3 is 10.4 Å². The Morgan fingerprint density at radius 2 is 1.89 bits per heavy atom. The Morgan fingerprint density at radius 1 is 1.17 bits per heavy atom. The minimum absolute atomic E-state index is 0. The van der Waals surface area contributed by atoms with E-state index in [0.29, 0.717) is 5.56 Å². The van der Waals surface area contributed by atoms with Crippen LogP contribution < -0.4 is 5.32 Å². The van der Waals surface area contributed by atoms with E-state index in [1.807, 2.05) is 12.1 Å². The predicted octanol–water partition coefficient (Wildman–Crippen LogP) is 2.96.